The summed E-state index contributed by atoms with van der Waals surface area (Å²) in [4.78, 5) is 27.6. The molecule has 0 aliphatic carbocycles. The number of imide groups is 1. The molecule has 0 radical (unpaired) electrons. The Balaban J connectivity index is 1.57. The van der Waals surface area contributed by atoms with E-state index in [4.69, 9.17) is 4.74 Å². The smallest absolute Gasteiger partial charge is 0.290 e. The minimum atomic E-state index is -0.519. The molecule has 1 aliphatic heterocycles. The number of amides is 2. The molecule has 0 unspecified atom stereocenters. The summed E-state index contributed by atoms with van der Waals surface area (Å²) in [5.74, 6) is 0.359. The van der Waals surface area contributed by atoms with Gasteiger partial charge in [0.25, 0.3) is 11.1 Å². The zero-order valence-corrected chi connectivity index (χ0v) is 17.3. The fourth-order valence-corrected chi connectivity index (χ4v) is 3.74. The minimum Gasteiger partial charge on any atom is -0.493 e. The van der Waals surface area contributed by atoms with Crippen molar-refractivity contribution in [1.82, 2.24) is 10.3 Å². The van der Waals surface area contributed by atoms with Crippen LogP contribution in [0.25, 0.3) is 6.08 Å². The van der Waals surface area contributed by atoms with E-state index in [1.165, 1.54) is 0 Å². The molecule has 2 amide bonds. The number of aliphatic hydroxyl groups is 1. The third-order valence-corrected chi connectivity index (χ3v) is 5.31. The first-order valence-electron chi connectivity index (χ1n) is 9.59. The lowest BCUT2D eigenvalue weighted by atomic mass is 10.0. The number of carbonyl (C=O) groups excluding carboxylic acids is 2. The lowest BCUT2D eigenvalue weighted by Gasteiger charge is -2.13. The number of rotatable bonds is 8. The first kappa shape index (κ1) is 21.1. The van der Waals surface area contributed by atoms with E-state index in [1.54, 1.807) is 19.2 Å². The predicted molar refractivity (Wildman–Crippen MR) is 114 cm³/mol. The molecule has 1 fully saturated rings. The number of ether oxygens (including phenoxy) is 1. The van der Waals surface area contributed by atoms with E-state index >= 15 is 0 Å². The molecule has 0 bridgehead atoms. The second-order valence-electron chi connectivity index (χ2n) is 6.82. The number of aryl methyl sites for hydroxylation is 1. The fraction of sp³-hybridized carbons (Fsp3) is 0.318. The molecule has 29 heavy (non-hydrogen) atoms. The van der Waals surface area contributed by atoms with Crippen LogP contribution in [0.3, 0.4) is 0 Å². The number of thioether (sulfide) groups is 1. The van der Waals surface area contributed by atoms with Crippen LogP contribution in [0.5, 0.6) is 5.75 Å². The molecule has 1 saturated heterocycles. The Labute approximate surface area is 174 Å². The summed E-state index contributed by atoms with van der Waals surface area (Å²) in [7, 11) is 0. The maximum absolute atomic E-state index is 11.6. The molecule has 3 rings (SSSR count). The molecular formula is C22H24N2O4S. The summed E-state index contributed by atoms with van der Waals surface area (Å²) < 4.78 is 5.80. The van der Waals surface area contributed by atoms with Crippen LogP contribution in [0.15, 0.2) is 41.4 Å². The van der Waals surface area contributed by atoms with E-state index in [-0.39, 0.29) is 11.1 Å². The van der Waals surface area contributed by atoms with Crippen LogP contribution < -0.4 is 10.1 Å². The predicted octanol–water partition coefficient (Wildman–Crippen LogP) is 4.03. The highest BCUT2D eigenvalue weighted by Gasteiger charge is 2.24. The highest BCUT2D eigenvalue weighted by atomic mass is 32.2. The Morgan fingerprint density at radius 2 is 2.00 bits per heavy atom. The molecule has 1 aromatic heterocycles. The molecule has 0 spiro atoms. The van der Waals surface area contributed by atoms with E-state index in [0.29, 0.717) is 17.9 Å². The third kappa shape index (κ3) is 5.68. The van der Waals surface area contributed by atoms with Crippen LogP contribution in [0.2, 0.25) is 0 Å². The number of pyridine rings is 1. The van der Waals surface area contributed by atoms with Gasteiger partial charge in [-0.05, 0) is 60.5 Å². The van der Waals surface area contributed by atoms with Crippen molar-refractivity contribution in [2.24, 2.45) is 0 Å². The van der Waals surface area contributed by atoms with Gasteiger partial charge in [0.05, 0.1) is 17.6 Å². The van der Waals surface area contributed by atoms with Crippen molar-refractivity contribution in [1.29, 1.82) is 0 Å². The maximum Gasteiger partial charge on any atom is 0.290 e. The van der Waals surface area contributed by atoms with Crippen LogP contribution in [-0.4, -0.2) is 27.8 Å². The summed E-state index contributed by atoms with van der Waals surface area (Å²) in [5, 5.41) is 11.8. The number of hydrogen-bond donors (Lipinski definition) is 2. The van der Waals surface area contributed by atoms with Crippen molar-refractivity contribution in [3.63, 3.8) is 0 Å². The average Bonchev–Trinajstić information content (AvgIpc) is 3.00. The highest BCUT2D eigenvalue weighted by Crippen LogP contribution is 2.26. The number of carbonyl (C=O) groups is 2. The highest BCUT2D eigenvalue weighted by molar-refractivity contribution is 8.18. The van der Waals surface area contributed by atoms with Crippen LogP contribution in [0.4, 0.5) is 4.79 Å². The van der Waals surface area contributed by atoms with Gasteiger partial charge < -0.3 is 9.84 Å². The van der Waals surface area contributed by atoms with Gasteiger partial charge in [-0.25, -0.2) is 0 Å². The zero-order valence-electron chi connectivity index (χ0n) is 16.5. The first-order valence-corrected chi connectivity index (χ1v) is 10.4. The van der Waals surface area contributed by atoms with Gasteiger partial charge in [-0.3, -0.25) is 19.9 Å². The van der Waals surface area contributed by atoms with Crippen molar-refractivity contribution < 1.29 is 19.4 Å². The molecule has 2 heterocycles. The van der Waals surface area contributed by atoms with Gasteiger partial charge in [-0.2, -0.15) is 0 Å². The Morgan fingerprint density at radius 3 is 2.62 bits per heavy atom. The Bertz CT molecular complexity index is 923. The summed E-state index contributed by atoms with van der Waals surface area (Å²) in [5.41, 5.74) is 3.78. The topological polar surface area (TPSA) is 88.5 Å². The molecule has 1 atom stereocenters. The molecule has 0 saturated carbocycles. The molecule has 152 valence electrons. The van der Waals surface area contributed by atoms with Crippen LogP contribution in [0, 0.1) is 0 Å². The second kappa shape index (κ2) is 9.71. The molecule has 2 aromatic rings. The maximum atomic E-state index is 11.6. The quantitative estimate of drug-likeness (QED) is 0.637. The van der Waals surface area contributed by atoms with E-state index in [2.05, 4.69) is 23.3 Å². The average molecular weight is 413 g/mol. The Hall–Kier alpha value is -2.64. The van der Waals surface area contributed by atoms with Gasteiger partial charge in [-0.1, -0.05) is 25.5 Å². The number of nitrogens with one attached hydrogen (secondary N) is 1. The lowest BCUT2D eigenvalue weighted by molar-refractivity contribution is -0.115. The third-order valence-electron chi connectivity index (χ3n) is 4.50. The van der Waals surface area contributed by atoms with Gasteiger partial charge in [0.1, 0.15) is 5.75 Å². The van der Waals surface area contributed by atoms with Gasteiger partial charge in [0, 0.05) is 23.9 Å². The molecule has 1 aromatic carbocycles. The van der Waals surface area contributed by atoms with Crippen molar-refractivity contribution in [3.8, 4) is 5.75 Å². The minimum absolute atomic E-state index is 0.349. The number of hydrogen-bond acceptors (Lipinski definition) is 6. The second-order valence-corrected chi connectivity index (χ2v) is 7.83. The summed E-state index contributed by atoms with van der Waals surface area (Å²) in [6.07, 6.45) is 5.51. The fourth-order valence-electron chi connectivity index (χ4n) is 3.06. The molecule has 1 aliphatic rings. The normalized spacial score (nSPS) is 16.2. The monoisotopic (exact) mass is 412 g/mol. The van der Waals surface area contributed by atoms with Crippen molar-refractivity contribution in [3.05, 3.63) is 63.8 Å². The Morgan fingerprint density at radius 1 is 1.24 bits per heavy atom. The van der Waals surface area contributed by atoms with E-state index < -0.39 is 6.10 Å². The molecule has 7 heteroatoms. The van der Waals surface area contributed by atoms with Gasteiger partial charge in [0.2, 0.25) is 0 Å². The van der Waals surface area contributed by atoms with Gasteiger partial charge in [0.15, 0.2) is 0 Å². The Kier molecular flexibility index (Phi) is 7.06. The lowest BCUT2D eigenvalue weighted by Crippen LogP contribution is -2.17. The largest absolute Gasteiger partial charge is 0.493 e. The van der Waals surface area contributed by atoms with Gasteiger partial charge >= 0.3 is 0 Å². The summed E-state index contributed by atoms with van der Waals surface area (Å²) >= 11 is 0.899. The number of benzene rings is 1. The molecule has 6 nitrogen and oxygen atoms in total. The van der Waals surface area contributed by atoms with Crippen molar-refractivity contribution >= 4 is 29.0 Å². The van der Waals surface area contributed by atoms with Crippen LogP contribution >= 0.6 is 11.8 Å². The summed E-state index contributed by atoms with van der Waals surface area (Å²) in [6, 6.07) is 9.40. The van der Waals surface area contributed by atoms with Crippen molar-refractivity contribution in [2.75, 3.05) is 6.61 Å². The number of nitrogens with zero attached hydrogens (tertiary/aromatic N) is 1. The van der Waals surface area contributed by atoms with E-state index in [0.717, 1.165) is 52.7 Å². The van der Waals surface area contributed by atoms with E-state index in [1.807, 2.05) is 24.3 Å². The SMILES string of the molecule is CCCc1cc(CCOc2ccc(/C=C3\SC(=O)NC3=O)cc2)ncc1[C@H](C)O. The molecular weight excluding hydrogens is 388 g/mol. The van der Waals surface area contributed by atoms with Crippen LogP contribution in [0.1, 0.15) is 48.8 Å². The number of aliphatic hydroxyl groups excluding tert-OH is 1. The standard InChI is InChI=1S/C22H24N2O4S/c1-3-4-16-12-17(23-13-19(16)14(2)25)9-10-28-18-7-5-15(6-8-18)11-20-21(26)24-22(27)29-20/h5-8,11-14,25H,3-4,9-10H2,1-2H3,(H,24,26,27)/b20-11-/t14-/m0/s1. The summed E-state index contributed by atoms with van der Waals surface area (Å²) in [6.45, 7) is 4.36. The van der Waals surface area contributed by atoms with E-state index in [9.17, 15) is 14.7 Å². The first-order chi connectivity index (χ1) is 14.0. The number of aromatic nitrogens is 1. The van der Waals surface area contributed by atoms with Crippen LogP contribution in [-0.2, 0) is 17.6 Å². The van der Waals surface area contributed by atoms with Gasteiger partial charge in [-0.15, -0.1) is 0 Å². The zero-order chi connectivity index (χ0) is 20.8. The van der Waals surface area contributed by atoms with Crippen molar-refractivity contribution in [2.45, 2.75) is 39.2 Å². The molecule has 2 N–H and O–H groups in total.